The van der Waals surface area contributed by atoms with Crippen LogP contribution in [0, 0.1) is 13.8 Å². The van der Waals surface area contributed by atoms with E-state index in [0.29, 0.717) is 5.56 Å². The molecule has 0 radical (unpaired) electrons. The fourth-order valence-electron chi connectivity index (χ4n) is 3.10. The van der Waals surface area contributed by atoms with Gasteiger partial charge in [0, 0.05) is 18.3 Å². The van der Waals surface area contributed by atoms with Crippen LogP contribution in [-0.4, -0.2) is 30.3 Å². The molecule has 0 saturated heterocycles. The molecule has 1 N–H and O–H groups in total. The van der Waals surface area contributed by atoms with E-state index >= 15 is 0 Å². The Morgan fingerprint density at radius 1 is 0.885 bits per heavy atom. The molecule has 0 unspecified atom stereocenters. The highest BCUT2D eigenvalue weighted by molar-refractivity contribution is 6.08. The van der Waals surface area contributed by atoms with E-state index in [1.165, 1.54) is 4.90 Å². The van der Waals surface area contributed by atoms with Gasteiger partial charge in [-0.15, -0.1) is 0 Å². The van der Waals surface area contributed by atoms with Crippen LogP contribution in [0.4, 0.5) is 5.69 Å². The maximum atomic E-state index is 12.8. The van der Waals surface area contributed by atoms with Gasteiger partial charge in [0.15, 0.2) is 0 Å². The van der Waals surface area contributed by atoms with Crippen LogP contribution in [0.3, 0.4) is 0 Å². The van der Waals surface area contributed by atoms with Crippen LogP contribution in [0.2, 0.25) is 0 Å². The number of amides is 2. The number of carbonyl (C=O) groups excluding carboxylic acids is 2. The smallest absolute Gasteiger partial charge is 0.254 e. The zero-order valence-corrected chi connectivity index (χ0v) is 15.2. The largest absolute Gasteiger partial charge is 0.332 e. The minimum atomic E-state index is -0.210. The summed E-state index contributed by atoms with van der Waals surface area (Å²) in [6, 6.07) is 19.2. The molecule has 0 aromatic heterocycles. The summed E-state index contributed by atoms with van der Waals surface area (Å²) >= 11 is 0. The maximum Gasteiger partial charge on any atom is 0.254 e. The van der Waals surface area contributed by atoms with Gasteiger partial charge in [0.2, 0.25) is 5.91 Å². The second-order valence-corrected chi connectivity index (χ2v) is 6.50. The lowest BCUT2D eigenvalue weighted by Crippen LogP contribution is -2.35. The Morgan fingerprint density at radius 3 is 2.23 bits per heavy atom. The van der Waals surface area contributed by atoms with Gasteiger partial charge in [-0.25, -0.2) is 0 Å². The van der Waals surface area contributed by atoms with Crippen LogP contribution in [0.15, 0.2) is 60.7 Å². The minimum Gasteiger partial charge on any atom is -0.332 e. The van der Waals surface area contributed by atoms with E-state index in [2.05, 4.69) is 5.32 Å². The number of anilines is 1. The van der Waals surface area contributed by atoms with E-state index < -0.39 is 0 Å². The quantitative estimate of drug-likeness (QED) is 0.771. The monoisotopic (exact) mass is 346 g/mol. The normalized spacial score (nSPS) is 10.6. The van der Waals surface area contributed by atoms with Crippen LogP contribution in [0.25, 0.3) is 10.8 Å². The third kappa shape index (κ3) is 3.59. The standard InChI is InChI=1S/C22H22N2O2/c1-15-8-6-9-16(2)21(15)23-20(25)14-24(3)22(26)19-13-7-11-17-10-4-5-12-18(17)19/h4-13H,14H2,1-3H3,(H,23,25). The highest BCUT2D eigenvalue weighted by Gasteiger charge is 2.17. The van der Waals surface area contributed by atoms with Gasteiger partial charge in [-0.1, -0.05) is 54.6 Å². The van der Waals surface area contributed by atoms with Crippen molar-refractivity contribution < 1.29 is 9.59 Å². The number of fused-ring (bicyclic) bond motifs is 1. The lowest BCUT2D eigenvalue weighted by Gasteiger charge is -2.19. The van der Waals surface area contributed by atoms with E-state index in [1.807, 2.05) is 68.4 Å². The van der Waals surface area contributed by atoms with Crippen LogP contribution in [0.1, 0.15) is 21.5 Å². The summed E-state index contributed by atoms with van der Waals surface area (Å²) in [6.07, 6.45) is 0. The van der Waals surface area contributed by atoms with E-state index in [-0.39, 0.29) is 18.4 Å². The van der Waals surface area contributed by atoms with Gasteiger partial charge < -0.3 is 10.2 Å². The number of para-hydroxylation sites is 1. The van der Waals surface area contributed by atoms with E-state index in [9.17, 15) is 9.59 Å². The zero-order valence-electron chi connectivity index (χ0n) is 15.2. The molecule has 3 rings (SSSR count). The molecule has 2 amide bonds. The third-order valence-electron chi connectivity index (χ3n) is 4.49. The molecule has 4 nitrogen and oxygen atoms in total. The minimum absolute atomic E-state index is 0.00414. The van der Waals surface area contributed by atoms with Crippen LogP contribution >= 0.6 is 0 Å². The van der Waals surface area contributed by atoms with Crippen LogP contribution in [0.5, 0.6) is 0 Å². The number of hydrogen-bond donors (Lipinski definition) is 1. The van der Waals surface area contributed by atoms with Gasteiger partial charge in [0.05, 0.1) is 6.54 Å². The van der Waals surface area contributed by atoms with Gasteiger partial charge in [-0.2, -0.15) is 0 Å². The van der Waals surface area contributed by atoms with Gasteiger partial charge in [0.25, 0.3) is 5.91 Å². The van der Waals surface area contributed by atoms with Crippen molar-refractivity contribution in [2.24, 2.45) is 0 Å². The lowest BCUT2D eigenvalue weighted by molar-refractivity contribution is -0.116. The van der Waals surface area contributed by atoms with Crippen LogP contribution < -0.4 is 5.32 Å². The first-order valence-corrected chi connectivity index (χ1v) is 8.56. The van der Waals surface area contributed by atoms with Crippen LogP contribution in [-0.2, 0) is 4.79 Å². The van der Waals surface area contributed by atoms with E-state index in [1.54, 1.807) is 13.1 Å². The second kappa shape index (κ2) is 7.40. The zero-order chi connectivity index (χ0) is 18.7. The highest BCUT2D eigenvalue weighted by atomic mass is 16.2. The molecule has 0 bridgehead atoms. The summed E-state index contributed by atoms with van der Waals surface area (Å²) in [5.74, 6) is -0.378. The van der Waals surface area contributed by atoms with Crippen molar-refractivity contribution in [2.75, 3.05) is 18.9 Å². The Kier molecular flexibility index (Phi) is 5.03. The molecular formula is C22H22N2O2. The summed E-state index contributed by atoms with van der Waals surface area (Å²) in [4.78, 5) is 26.7. The number of nitrogens with zero attached hydrogens (tertiary/aromatic N) is 1. The van der Waals surface area contributed by atoms with Gasteiger partial charge in [0.1, 0.15) is 0 Å². The molecule has 0 aliphatic rings. The number of hydrogen-bond acceptors (Lipinski definition) is 2. The molecule has 0 atom stereocenters. The van der Waals surface area contributed by atoms with E-state index in [0.717, 1.165) is 27.6 Å². The van der Waals surface area contributed by atoms with Crippen molar-refractivity contribution in [3.63, 3.8) is 0 Å². The molecule has 132 valence electrons. The molecule has 0 aliphatic heterocycles. The lowest BCUT2D eigenvalue weighted by atomic mass is 10.0. The predicted molar refractivity (Wildman–Crippen MR) is 105 cm³/mol. The summed E-state index contributed by atoms with van der Waals surface area (Å²) in [5.41, 5.74) is 3.41. The average molecular weight is 346 g/mol. The number of aryl methyl sites for hydroxylation is 2. The van der Waals surface area contributed by atoms with Crippen molar-refractivity contribution in [3.8, 4) is 0 Å². The molecule has 0 spiro atoms. The van der Waals surface area contributed by atoms with Gasteiger partial charge in [-0.3, -0.25) is 9.59 Å². The highest BCUT2D eigenvalue weighted by Crippen LogP contribution is 2.21. The van der Waals surface area contributed by atoms with Crippen molar-refractivity contribution in [1.29, 1.82) is 0 Å². The summed E-state index contributed by atoms with van der Waals surface area (Å²) < 4.78 is 0. The molecular weight excluding hydrogens is 324 g/mol. The molecule has 0 fully saturated rings. The number of likely N-dealkylation sites (N-methyl/N-ethyl adjacent to an activating group) is 1. The molecule has 26 heavy (non-hydrogen) atoms. The predicted octanol–water partition coefficient (Wildman–Crippen LogP) is 4.17. The van der Waals surface area contributed by atoms with Crippen molar-refractivity contribution >= 4 is 28.3 Å². The molecule has 0 aliphatic carbocycles. The molecule has 0 saturated carbocycles. The SMILES string of the molecule is Cc1cccc(C)c1NC(=O)CN(C)C(=O)c1cccc2ccccc12. The molecule has 4 heteroatoms. The Hall–Kier alpha value is -3.14. The third-order valence-corrected chi connectivity index (χ3v) is 4.49. The first-order chi connectivity index (χ1) is 12.5. The summed E-state index contributed by atoms with van der Waals surface area (Å²) in [5, 5.41) is 4.82. The Labute approximate surface area is 153 Å². The van der Waals surface area contributed by atoms with Crippen molar-refractivity contribution in [2.45, 2.75) is 13.8 Å². The first-order valence-electron chi connectivity index (χ1n) is 8.56. The molecule has 3 aromatic carbocycles. The fourth-order valence-corrected chi connectivity index (χ4v) is 3.10. The number of rotatable bonds is 4. The van der Waals surface area contributed by atoms with Gasteiger partial charge >= 0.3 is 0 Å². The summed E-state index contributed by atoms with van der Waals surface area (Å²) in [7, 11) is 1.65. The van der Waals surface area contributed by atoms with Crippen molar-refractivity contribution in [3.05, 3.63) is 77.4 Å². The van der Waals surface area contributed by atoms with Crippen molar-refractivity contribution in [1.82, 2.24) is 4.90 Å². The second-order valence-electron chi connectivity index (χ2n) is 6.50. The number of nitrogens with one attached hydrogen (secondary N) is 1. The maximum absolute atomic E-state index is 12.8. The molecule has 0 heterocycles. The fraction of sp³-hybridized carbons (Fsp3) is 0.182. The van der Waals surface area contributed by atoms with Gasteiger partial charge in [-0.05, 0) is 41.8 Å². The number of carbonyl (C=O) groups is 2. The Morgan fingerprint density at radius 2 is 1.50 bits per heavy atom. The van der Waals surface area contributed by atoms with E-state index in [4.69, 9.17) is 0 Å². The topological polar surface area (TPSA) is 49.4 Å². The first kappa shape index (κ1) is 17.7. The average Bonchev–Trinajstić information content (AvgIpc) is 2.63. The summed E-state index contributed by atoms with van der Waals surface area (Å²) in [6.45, 7) is 3.90. The number of benzene rings is 3. The Bertz CT molecular complexity index is 953. The molecule has 3 aromatic rings. The Balaban J connectivity index is 1.76.